The molecule has 10 aromatic rings. The van der Waals surface area contributed by atoms with Crippen molar-refractivity contribution in [2.24, 2.45) is 0 Å². The average Bonchev–Trinajstić information content (AvgIpc) is 3.94. The van der Waals surface area contributed by atoms with Crippen molar-refractivity contribution >= 4 is 77.7 Å². The van der Waals surface area contributed by atoms with E-state index in [4.69, 9.17) is 0 Å². The van der Waals surface area contributed by atoms with Crippen LogP contribution in [0.2, 0.25) is 0 Å². The van der Waals surface area contributed by atoms with E-state index in [9.17, 15) is 0 Å². The molecule has 0 spiro atoms. The van der Waals surface area contributed by atoms with Crippen molar-refractivity contribution in [3.05, 3.63) is 218 Å². The van der Waals surface area contributed by atoms with E-state index < -0.39 is 0 Å². The first-order valence-electron chi connectivity index (χ1n) is 20.9. The van der Waals surface area contributed by atoms with Gasteiger partial charge in [-0.1, -0.05) is 117 Å². The van der Waals surface area contributed by atoms with E-state index in [-0.39, 0.29) is 0 Å². The number of nitrogens with zero attached hydrogens (tertiary/aromatic N) is 4. The summed E-state index contributed by atoms with van der Waals surface area (Å²) in [5, 5.41) is 6.28. The summed E-state index contributed by atoms with van der Waals surface area (Å²) in [5.74, 6) is 0.423. The Bertz CT molecular complexity index is 3270. The van der Waals surface area contributed by atoms with Crippen molar-refractivity contribution in [2.45, 2.75) is 26.2 Å². The van der Waals surface area contributed by atoms with Crippen LogP contribution < -0.4 is 4.90 Å². The third-order valence-corrected chi connectivity index (χ3v) is 12.4. The zero-order valence-corrected chi connectivity index (χ0v) is 33.8. The number of benzene rings is 7. The molecular formula is C56H44N4. The molecule has 0 saturated carbocycles. The third kappa shape index (κ3) is 5.60. The summed E-state index contributed by atoms with van der Waals surface area (Å²) in [6.45, 7) is 8.84. The van der Waals surface area contributed by atoms with Crippen LogP contribution in [0.4, 0.5) is 11.4 Å². The summed E-state index contributed by atoms with van der Waals surface area (Å²) in [5.41, 5.74) is 15.2. The molecule has 60 heavy (non-hydrogen) atoms. The Morgan fingerprint density at radius 2 is 0.967 bits per heavy atom. The zero-order chi connectivity index (χ0) is 40.3. The molecule has 0 fully saturated rings. The SMILES string of the molecule is C=C/C(=C\C=C(/C)N(c1ccc(-n2c3c(c4ccccc42)C=CCC3C)cc1)c1ccc(-n2c3ccccc3c3ccccc32)cc1)n1c2ccccc2c2ccccc21. The summed E-state index contributed by atoms with van der Waals surface area (Å²) >= 11 is 0. The van der Waals surface area contributed by atoms with Crippen LogP contribution in [0.3, 0.4) is 0 Å². The van der Waals surface area contributed by atoms with Crippen LogP contribution in [0.15, 0.2) is 206 Å². The van der Waals surface area contributed by atoms with Gasteiger partial charge in [0.15, 0.2) is 0 Å². The first-order valence-corrected chi connectivity index (χ1v) is 20.9. The lowest BCUT2D eigenvalue weighted by molar-refractivity contribution is 0.723. The second kappa shape index (κ2) is 14.4. The standard InChI is InChI=1S/C56H44N4/c1-4-40(58-51-23-10-5-17-45(51)46-18-6-11-24-52(46)58)29-28-39(3)57(41-30-34-43(35-31-41)59-53-25-12-7-19-47(53)48-20-8-13-26-54(48)59)42-32-36-44(37-33-42)60-55-27-14-9-21-49(55)50-22-15-16-38(2)56(50)60/h4-15,17-38H,1,16H2,2-3H3/b39-28+,40-29+. The lowest BCUT2D eigenvalue weighted by Gasteiger charge is -2.27. The van der Waals surface area contributed by atoms with Gasteiger partial charge in [-0.2, -0.15) is 0 Å². The van der Waals surface area contributed by atoms with Crippen LogP contribution in [-0.4, -0.2) is 13.7 Å². The molecule has 1 atom stereocenters. The van der Waals surface area contributed by atoms with Crippen LogP contribution in [-0.2, 0) is 0 Å². The second-order valence-corrected chi connectivity index (χ2v) is 15.9. The van der Waals surface area contributed by atoms with Crippen molar-refractivity contribution < 1.29 is 0 Å². The molecule has 1 unspecified atom stereocenters. The van der Waals surface area contributed by atoms with Gasteiger partial charge in [0.25, 0.3) is 0 Å². The second-order valence-electron chi connectivity index (χ2n) is 15.9. The molecule has 3 heterocycles. The Labute approximate surface area is 350 Å². The number of hydrogen-bond donors (Lipinski definition) is 0. The van der Waals surface area contributed by atoms with Crippen LogP contribution in [0.25, 0.3) is 77.7 Å². The molecule has 4 heteroatoms. The molecule has 7 aromatic carbocycles. The Morgan fingerprint density at radius 3 is 1.48 bits per heavy atom. The first kappa shape index (κ1) is 35.6. The fourth-order valence-electron chi connectivity index (χ4n) is 9.70. The molecule has 0 N–H and O–H groups in total. The number of para-hydroxylation sites is 5. The molecule has 0 amide bonds. The quantitative estimate of drug-likeness (QED) is 0.141. The lowest BCUT2D eigenvalue weighted by Crippen LogP contribution is -2.15. The molecule has 4 nitrogen and oxygen atoms in total. The van der Waals surface area contributed by atoms with Gasteiger partial charge in [-0.15, -0.1) is 0 Å². The van der Waals surface area contributed by atoms with E-state index in [1.807, 2.05) is 6.08 Å². The lowest BCUT2D eigenvalue weighted by atomic mass is 9.93. The van der Waals surface area contributed by atoms with E-state index >= 15 is 0 Å². The van der Waals surface area contributed by atoms with Gasteiger partial charge in [-0.25, -0.2) is 0 Å². The predicted molar refractivity (Wildman–Crippen MR) is 256 cm³/mol. The highest BCUT2D eigenvalue weighted by Gasteiger charge is 2.24. The minimum Gasteiger partial charge on any atom is -0.315 e. The van der Waals surface area contributed by atoms with E-state index in [1.54, 1.807) is 0 Å². The van der Waals surface area contributed by atoms with E-state index in [1.165, 1.54) is 60.4 Å². The Hall–Kier alpha value is -7.56. The van der Waals surface area contributed by atoms with E-state index in [2.05, 4.69) is 233 Å². The van der Waals surface area contributed by atoms with Crippen molar-refractivity contribution in [1.82, 2.24) is 13.7 Å². The minimum atomic E-state index is 0.423. The minimum absolute atomic E-state index is 0.423. The van der Waals surface area contributed by atoms with Crippen molar-refractivity contribution in [1.29, 1.82) is 0 Å². The molecule has 3 aromatic heterocycles. The summed E-state index contributed by atoms with van der Waals surface area (Å²) in [7, 11) is 0. The topological polar surface area (TPSA) is 18.0 Å². The molecule has 0 radical (unpaired) electrons. The van der Waals surface area contributed by atoms with Gasteiger partial charge < -0.3 is 18.6 Å². The van der Waals surface area contributed by atoms with Crippen LogP contribution >= 0.6 is 0 Å². The highest BCUT2D eigenvalue weighted by atomic mass is 15.1. The van der Waals surface area contributed by atoms with Crippen LogP contribution in [0.5, 0.6) is 0 Å². The Morgan fingerprint density at radius 1 is 0.533 bits per heavy atom. The van der Waals surface area contributed by atoms with E-state index in [0.29, 0.717) is 5.92 Å². The normalized spacial score (nSPS) is 14.5. The molecule has 1 aliphatic rings. The van der Waals surface area contributed by atoms with Gasteiger partial charge in [-0.05, 0) is 110 Å². The van der Waals surface area contributed by atoms with Gasteiger partial charge >= 0.3 is 0 Å². The van der Waals surface area contributed by atoms with Crippen LogP contribution in [0.1, 0.15) is 37.4 Å². The van der Waals surface area contributed by atoms with Gasteiger partial charge in [0.1, 0.15) is 0 Å². The molecule has 0 aliphatic heterocycles. The first-order chi connectivity index (χ1) is 29.6. The largest absolute Gasteiger partial charge is 0.315 e. The fourth-order valence-corrected chi connectivity index (χ4v) is 9.70. The monoisotopic (exact) mass is 772 g/mol. The molecular weight excluding hydrogens is 729 g/mol. The maximum absolute atomic E-state index is 4.30. The van der Waals surface area contributed by atoms with Crippen LogP contribution in [0, 0.1) is 0 Å². The zero-order valence-electron chi connectivity index (χ0n) is 33.8. The third-order valence-electron chi connectivity index (χ3n) is 12.4. The Kier molecular flexibility index (Phi) is 8.52. The van der Waals surface area contributed by atoms with E-state index in [0.717, 1.165) is 45.9 Å². The maximum Gasteiger partial charge on any atom is 0.0541 e. The summed E-state index contributed by atoms with van der Waals surface area (Å²) in [4.78, 5) is 2.36. The molecule has 0 bridgehead atoms. The molecule has 288 valence electrons. The van der Waals surface area contributed by atoms with Crippen molar-refractivity contribution in [2.75, 3.05) is 4.90 Å². The predicted octanol–water partition coefficient (Wildman–Crippen LogP) is 15.1. The average molecular weight is 773 g/mol. The number of aromatic nitrogens is 3. The molecule has 0 saturated heterocycles. The number of fused-ring (bicyclic) bond motifs is 9. The molecule has 11 rings (SSSR count). The van der Waals surface area contributed by atoms with Crippen molar-refractivity contribution in [3.8, 4) is 11.4 Å². The van der Waals surface area contributed by atoms with Gasteiger partial charge in [0, 0.05) is 78.3 Å². The van der Waals surface area contributed by atoms with Gasteiger partial charge in [0.05, 0.1) is 27.6 Å². The maximum atomic E-state index is 4.30. The number of anilines is 2. The summed E-state index contributed by atoms with van der Waals surface area (Å²) in [6, 6.07) is 61.5. The van der Waals surface area contributed by atoms with Gasteiger partial charge in [-0.3, -0.25) is 0 Å². The van der Waals surface area contributed by atoms with Crippen molar-refractivity contribution in [3.63, 3.8) is 0 Å². The smallest absolute Gasteiger partial charge is 0.0541 e. The number of rotatable bonds is 8. The highest BCUT2D eigenvalue weighted by molar-refractivity contribution is 6.11. The summed E-state index contributed by atoms with van der Waals surface area (Å²) in [6.07, 6.45) is 12.0. The fraction of sp³-hybridized carbons (Fsp3) is 0.0714. The molecule has 1 aliphatic carbocycles. The summed E-state index contributed by atoms with van der Waals surface area (Å²) < 4.78 is 7.17. The number of hydrogen-bond acceptors (Lipinski definition) is 1. The van der Waals surface area contributed by atoms with Gasteiger partial charge in [0.2, 0.25) is 0 Å². The highest BCUT2D eigenvalue weighted by Crippen LogP contribution is 2.41. The number of allylic oxidation sites excluding steroid dienone is 6. The Balaban J connectivity index is 1.04.